The van der Waals surface area contributed by atoms with E-state index in [0.29, 0.717) is 20.6 Å². The topological polar surface area (TPSA) is 65.6 Å². The van der Waals surface area contributed by atoms with Crippen LogP contribution in [0.4, 0.5) is 4.39 Å². The average Bonchev–Trinajstić information content (AvgIpc) is 3.46. The Bertz CT molecular complexity index is 2050. The van der Waals surface area contributed by atoms with Crippen molar-refractivity contribution in [3.8, 4) is 16.8 Å². The van der Waals surface area contributed by atoms with E-state index in [-0.39, 0.29) is 17.7 Å². The lowest BCUT2D eigenvalue weighted by Crippen LogP contribution is -2.39. The van der Waals surface area contributed by atoms with Gasteiger partial charge < -0.3 is 9.30 Å². The number of carbonyl (C=O) groups excluding carboxylic acids is 1. The van der Waals surface area contributed by atoms with Crippen LogP contribution in [0.1, 0.15) is 42.4 Å². The Kier molecular flexibility index (Phi) is 7.54. The second-order valence-electron chi connectivity index (χ2n) is 10.4. The van der Waals surface area contributed by atoms with Gasteiger partial charge in [0, 0.05) is 17.1 Å². The fourth-order valence-corrected chi connectivity index (χ4v) is 6.70. The normalized spacial score (nSPS) is 14.9. The number of hydrogen-bond acceptors (Lipinski definition) is 5. The first kappa shape index (κ1) is 28.3. The number of benzene rings is 3. The Hall–Kier alpha value is -4.82. The molecule has 0 unspecified atom stereocenters. The monoisotopic (exact) mass is 591 g/mol. The minimum Gasteiger partial charge on any atom is -0.463 e. The van der Waals surface area contributed by atoms with Crippen molar-refractivity contribution < 1.29 is 13.9 Å². The first-order chi connectivity index (χ1) is 20.8. The van der Waals surface area contributed by atoms with Gasteiger partial charge in [-0.25, -0.2) is 14.2 Å². The largest absolute Gasteiger partial charge is 0.463 e. The summed E-state index contributed by atoms with van der Waals surface area (Å²) in [6.07, 6.45) is 1.88. The Labute approximate surface area is 252 Å². The second-order valence-corrected chi connectivity index (χ2v) is 11.4. The van der Waals surface area contributed by atoms with Crippen LogP contribution in [-0.2, 0) is 9.53 Å². The van der Waals surface area contributed by atoms with Gasteiger partial charge in [0.2, 0.25) is 0 Å². The van der Waals surface area contributed by atoms with Crippen LogP contribution in [0.2, 0.25) is 0 Å². The summed E-state index contributed by atoms with van der Waals surface area (Å²) in [6, 6.07) is 25.8. The van der Waals surface area contributed by atoms with Crippen LogP contribution in [0.15, 0.2) is 106 Å². The number of esters is 1. The second kappa shape index (κ2) is 11.5. The van der Waals surface area contributed by atoms with Crippen molar-refractivity contribution in [1.29, 1.82) is 0 Å². The molecule has 5 aromatic rings. The number of hydrogen-bond donors (Lipinski definition) is 0. The molecule has 2 aromatic heterocycles. The number of halogens is 1. The van der Waals surface area contributed by atoms with Crippen molar-refractivity contribution in [1.82, 2.24) is 9.13 Å². The fraction of sp³-hybridized carbons (Fsp3) is 0.171. The zero-order chi connectivity index (χ0) is 30.2. The van der Waals surface area contributed by atoms with Gasteiger partial charge in [-0.15, -0.1) is 0 Å². The first-order valence-electron chi connectivity index (χ1n) is 14.1. The maximum absolute atomic E-state index is 14.0. The fourth-order valence-electron chi connectivity index (χ4n) is 5.66. The number of ether oxygens (including phenoxy) is 1. The molecule has 43 heavy (non-hydrogen) atoms. The molecule has 0 saturated heterocycles. The number of fused-ring (bicyclic) bond motifs is 1. The van der Waals surface area contributed by atoms with E-state index < -0.39 is 17.8 Å². The standard InChI is InChI=1S/C35H30FN3O3S/c1-5-42-34(41)31-22(3)37-35-39(32(31)26-11-15-28(36)16-12-26)33(40)30(43-35)20-27-19-21(2)38(23(27)4)29-17-13-25(14-18-29)24-9-7-6-8-10-24/h6-20,32H,5H2,1-4H3/b30-20-/t32-/m0/s1. The molecule has 216 valence electrons. The van der Waals surface area contributed by atoms with Crippen LogP contribution in [0.3, 0.4) is 0 Å². The zero-order valence-electron chi connectivity index (χ0n) is 24.3. The van der Waals surface area contributed by atoms with E-state index in [9.17, 15) is 14.0 Å². The third-order valence-corrected chi connectivity index (χ3v) is 8.68. The van der Waals surface area contributed by atoms with Gasteiger partial charge >= 0.3 is 5.97 Å². The highest BCUT2D eigenvalue weighted by Crippen LogP contribution is 2.31. The Morgan fingerprint density at radius 2 is 1.65 bits per heavy atom. The molecule has 0 amide bonds. The molecule has 1 aliphatic heterocycles. The highest BCUT2D eigenvalue weighted by atomic mass is 32.1. The van der Waals surface area contributed by atoms with Crippen molar-refractivity contribution >= 4 is 23.4 Å². The molecule has 6 nitrogen and oxygen atoms in total. The predicted octanol–water partition coefficient (Wildman–Crippen LogP) is 6.01. The molecule has 6 rings (SSSR count). The summed E-state index contributed by atoms with van der Waals surface area (Å²) in [5.74, 6) is -0.950. The van der Waals surface area contributed by atoms with E-state index >= 15 is 0 Å². The van der Waals surface area contributed by atoms with Crippen LogP contribution in [-0.4, -0.2) is 21.7 Å². The molecule has 0 fully saturated rings. The number of rotatable bonds is 6. The van der Waals surface area contributed by atoms with Gasteiger partial charge in [-0.2, -0.15) is 0 Å². The van der Waals surface area contributed by atoms with Crippen LogP contribution >= 0.6 is 11.3 Å². The van der Waals surface area contributed by atoms with Crippen molar-refractivity contribution in [3.05, 3.63) is 144 Å². The molecule has 1 atom stereocenters. The van der Waals surface area contributed by atoms with Crippen molar-refractivity contribution in [3.63, 3.8) is 0 Å². The molecule has 0 bridgehead atoms. The molecule has 0 saturated carbocycles. The van der Waals surface area contributed by atoms with Gasteiger partial charge in [0.15, 0.2) is 4.80 Å². The van der Waals surface area contributed by atoms with Crippen molar-refractivity contribution in [2.24, 2.45) is 4.99 Å². The summed E-state index contributed by atoms with van der Waals surface area (Å²) in [5, 5.41) is 0. The minimum atomic E-state index is -0.784. The Morgan fingerprint density at radius 1 is 0.977 bits per heavy atom. The van der Waals surface area contributed by atoms with Crippen molar-refractivity contribution in [2.45, 2.75) is 33.7 Å². The van der Waals surface area contributed by atoms with E-state index in [0.717, 1.165) is 33.8 Å². The molecule has 0 aliphatic carbocycles. The molecule has 0 radical (unpaired) electrons. The van der Waals surface area contributed by atoms with E-state index in [4.69, 9.17) is 4.74 Å². The number of thiazole rings is 1. The maximum Gasteiger partial charge on any atom is 0.338 e. The summed E-state index contributed by atoms with van der Waals surface area (Å²) in [7, 11) is 0. The molecular formula is C35H30FN3O3S. The van der Waals surface area contributed by atoms with Gasteiger partial charge in [0.25, 0.3) is 5.56 Å². The van der Waals surface area contributed by atoms with Crippen molar-refractivity contribution in [2.75, 3.05) is 6.61 Å². The quantitative estimate of drug-likeness (QED) is 0.227. The number of carbonyl (C=O) groups is 1. The lowest BCUT2D eigenvalue weighted by Gasteiger charge is -2.24. The Balaban J connectivity index is 1.44. The van der Waals surface area contributed by atoms with Gasteiger partial charge in [-0.3, -0.25) is 9.36 Å². The van der Waals surface area contributed by atoms with E-state index in [1.807, 2.05) is 38.1 Å². The van der Waals surface area contributed by atoms with Crippen LogP contribution in [0, 0.1) is 19.7 Å². The minimum absolute atomic E-state index is 0.181. The number of nitrogens with zero attached hydrogens (tertiary/aromatic N) is 3. The molecular weight excluding hydrogens is 561 g/mol. The zero-order valence-corrected chi connectivity index (χ0v) is 25.1. The summed E-state index contributed by atoms with van der Waals surface area (Å²) >= 11 is 1.27. The van der Waals surface area contributed by atoms with Gasteiger partial charge in [-0.05, 0) is 86.4 Å². The van der Waals surface area contributed by atoms with Gasteiger partial charge in [0.05, 0.1) is 28.5 Å². The summed E-state index contributed by atoms with van der Waals surface area (Å²) in [6.45, 7) is 7.72. The predicted molar refractivity (Wildman–Crippen MR) is 167 cm³/mol. The van der Waals surface area contributed by atoms with Crippen LogP contribution in [0.5, 0.6) is 0 Å². The average molecular weight is 592 g/mol. The molecule has 3 aromatic carbocycles. The number of aryl methyl sites for hydroxylation is 1. The SMILES string of the molecule is CCOC(=O)C1=C(C)N=c2s/c(=C\c3cc(C)n(-c4ccc(-c5ccccc5)cc4)c3C)c(=O)n2[C@H]1c1ccc(F)cc1. The lowest BCUT2D eigenvalue weighted by molar-refractivity contribution is -0.139. The third-order valence-electron chi connectivity index (χ3n) is 7.69. The smallest absolute Gasteiger partial charge is 0.338 e. The number of aromatic nitrogens is 2. The van der Waals surface area contributed by atoms with E-state index in [1.54, 1.807) is 26.0 Å². The molecule has 8 heteroatoms. The summed E-state index contributed by atoms with van der Waals surface area (Å²) < 4.78 is 23.3. The van der Waals surface area contributed by atoms with Crippen LogP contribution < -0.4 is 14.9 Å². The lowest BCUT2D eigenvalue weighted by atomic mass is 9.96. The van der Waals surface area contributed by atoms with E-state index in [1.165, 1.54) is 28.0 Å². The number of allylic oxidation sites excluding steroid dienone is 1. The van der Waals surface area contributed by atoms with Gasteiger partial charge in [0.1, 0.15) is 5.82 Å². The molecule has 3 heterocycles. The van der Waals surface area contributed by atoms with Gasteiger partial charge in [-0.1, -0.05) is 65.9 Å². The first-order valence-corrected chi connectivity index (χ1v) is 14.9. The molecule has 1 aliphatic rings. The third kappa shape index (κ3) is 5.19. The molecule has 0 spiro atoms. The van der Waals surface area contributed by atoms with Crippen LogP contribution in [0.25, 0.3) is 22.9 Å². The highest BCUT2D eigenvalue weighted by Gasteiger charge is 2.33. The maximum atomic E-state index is 14.0. The summed E-state index contributed by atoms with van der Waals surface area (Å²) in [5.41, 5.74) is 7.34. The Morgan fingerprint density at radius 3 is 2.33 bits per heavy atom. The molecule has 0 N–H and O–H groups in total. The summed E-state index contributed by atoms with van der Waals surface area (Å²) in [4.78, 5) is 32.1. The highest BCUT2D eigenvalue weighted by molar-refractivity contribution is 7.07. The van der Waals surface area contributed by atoms with E-state index in [2.05, 4.69) is 52.0 Å².